The summed E-state index contributed by atoms with van der Waals surface area (Å²) in [6, 6.07) is 7.23. The van der Waals surface area contributed by atoms with Gasteiger partial charge in [0.2, 0.25) is 5.43 Å². The van der Waals surface area contributed by atoms with Gasteiger partial charge in [-0.15, -0.1) is 0 Å². The van der Waals surface area contributed by atoms with E-state index >= 15 is 0 Å². The predicted octanol–water partition coefficient (Wildman–Crippen LogP) is 1.84. The van der Waals surface area contributed by atoms with Gasteiger partial charge in [-0.3, -0.25) is 14.7 Å². The molecule has 112 valence electrons. The summed E-state index contributed by atoms with van der Waals surface area (Å²) in [4.78, 5) is 18.2. The Kier molecular flexibility index (Phi) is 5.11. The second-order valence-corrected chi connectivity index (χ2v) is 4.92. The molecule has 0 saturated carbocycles. The highest BCUT2D eigenvalue weighted by molar-refractivity contribution is 5.21. The maximum Gasteiger partial charge on any atom is 0.223 e. The van der Waals surface area contributed by atoms with Crippen molar-refractivity contribution in [1.29, 1.82) is 0 Å². The molecule has 0 aromatic carbocycles. The topological polar surface area (TPSA) is 58.4 Å². The quantitative estimate of drug-likeness (QED) is 0.880. The van der Waals surface area contributed by atoms with Crippen LogP contribution in [-0.4, -0.2) is 32.6 Å². The van der Waals surface area contributed by atoms with Crippen molar-refractivity contribution in [1.82, 2.24) is 14.5 Å². The summed E-state index contributed by atoms with van der Waals surface area (Å²) < 4.78 is 1.89. The third kappa shape index (κ3) is 3.92. The molecule has 0 unspecified atom stereocenters. The fourth-order valence-corrected chi connectivity index (χ4v) is 2.23. The second-order valence-electron chi connectivity index (χ2n) is 4.92. The van der Waals surface area contributed by atoms with Crippen LogP contribution < -0.4 is 5.43 Å². The van der Waals surface area contributed by atoms with Crippen molar-refractivity contribution in [3.05, 3.63) is 58.3 Å². The molecule has 0 aliphatic rings. The van der Waals surface area contributed by atoms with E-state index < -0.39 is 0 Å². The number of aromatic hydroxyl groups is 1. The van der Waals surface area contributed by atoms with Crippen LogP contribution in [0.4, 0.5) is 0 Å². The molecule has 5 nitrogen and oxygen atoms in total. The molecule has 0 spiro atoms. The van der Waals surface area contributed by atoms with Gasteiger partial charge < -0.3 is 9.67 Å². The van der Waals surface area contributed by atoms with Gasteiger partial charge in [-0.1, -0.05) is 19.9 Å². The minimum atomic E-state index is -0.338. The monoisotopic (exact) mass is 287 g/mol. The van der Waals surface area contributed by atoms with E-state index in [0.717, 1.165) is 24.5 Å². The molecule has 0 bridgehead atoms. The van der Waals surface area contributed by atoms with Gasteiger partial charge in [0, 0.05) is 24.5 Å². The standard InChI is InChI=1S/C16H21N3O2/c1-3-18(4-2)11-14-9-15(20)16(21)12-19(14)10-13-7-5-6-8-17-13/h5-9,12,21H,3-4,10-11H2,1-2H3. The number of pyridine rings is 2. The molecule has 5 heteroatoms. The molecule has 1 N–H and O–H groups in total. The van der Waals surface area contributed by atoms with Crippen molar-refractivity contribution in [2.24, 2.45) is 0 Å². The maximum absolute atomic E-state index is 11.7. The van der Waals surface area contributed by atoms with E-state index in [4.69, 9.17) is 0 Å². The Bertz CT molecular complexity index is 634. The maximum atomic E-state index is 11.7. The summed E-state index contributed by atoms with van der Waals surface area (Å²) in [6.45, 7) is 7.21. The summed E-state index contributed by atoms with van der Waals surface area (Å²) in [5.74, 6) is -0.228. The number of nitrogens with zero attached hydrogens (tertiary/aromatic N) is 3. The van der Waals surface area contributed by atoms with E-state index in [1.807, 2.05) is 22.8 Å². The molecule has 0 saturated heterocycles. The Hall–Kier alpha value is -2.14. The second kappa shape index (κ2) is 7.04. The summed E-state index contributed by atoms with van der Waals surface area (Å²) in [5.41, 5.74) is 1.43. The largest absolute Gasteiger partial charge is 0.503 e. The van der Waals surface area contributed by atoms with Gasteiger partial charge in [0.25, 0.3) is 0 Å². The van der Waals surface area contributed by atoms with E-state index in [9.17, 15) is 9.90 Å². The zero-order valence-electron chi connectivity index (χ0n) is 12.5. The summed E-state index contributed by atoms with van der Waals surface area (Å²) >= 11 is 0. The van der Waals surface area contributed by atoms with Crippen molar-refractivity contribution >= 4 is 0 Å². The van der Waals surface area contributed by atoms with Crippen molar-refractivity contribution in [3.8, 4) is 5.75 Å². The molecule has 2 aromatic heterocycles. The van der Waals surface area contributed by atoms with Crippen molar-refractivity contribution in [2.45, 2.75) is 26.9 Å². The van der Waals surface area contributed by atoms with Gasteiger partial charge in [-0.05, 0) is 25.2 Å². The molecule has 0 aliphatic heterocycles. The van der Waals surface area contributed by atoms with E-state index in [0.29, 0.717) is 13.1 Å². The van der Waals surface area contributed by atoms with E-state index in [1.54, 1.807) is 6.20 Å². The molecular weight excluding hydrogens is 266 g/mol. The van der Waals surface area contributed by atoms with Crippen LogP contribution in [0, 0.1) is 0 Å². The third-order valence-electron chi connectivity index (χ3n) is 3.54. The van der Waals surface area contributed by atoms with Gasteiger partial charge >= 0.3 is 0 Å². The molecule has 2 aromatic rings. The first-order chi connectivity index (χ1) is 10.1. The van der Waals surface area contributed by atoms with Crippen LogP contribution >= 0.6 is 0 Å². The van der Waals surface area contributed by atoms with Gasteiger partial charge in [0.1, 0.15) is 0 Å². The Morgan fingerprint density at radius 2 is 2.05 bits per heavy atom. The minimum absolute atomic E-state index is 0.228. The Morgan fingerprint density at radius 1 is 1.29 bits per heavy atom. The van der Waals surface area contributed by atoms with Crippen LogP contribution in [0.1, 0.15) is 25.2 Å². The highest BCUT2D eigenvalue weighted by Crippen LogP contribution is 2.10. The summed E-state index contributed by atoms with van der Waals surface area (Å²) in [6.07, 6.45) is 3.23. The van der Waals surface area contributed by atoms with Crippen molar-refractivity contribution in [3.63, 3.8) is 0 Å². The van der Waals surface area contributed by atoms with Crippen molar-refractivity contribution in [2.75, 3.05) is 13.1 Å². The van der Waals surface area contributed by atoms with Gasteiger partial charge in [0.15, 0.2) is 5.75 Å². The highest BCUT2D eigenvalue weighted by atomic mass is 16.3. The lowest BCUT2D eigenvalue weighted by Crippen LogP contribution is -2.26. The lowest BCUT2D eigenvalue weighted by atomic mass is 10.2. The van der Waals surface area contributed by atoms with Gasteiger partial charge in [-0.2, -0.15) is 0 Å². The lowest BCUT2D eigenvalue weighted by Gasteiger charge is -2.21. The van der Waals surface area contributed by atoms with Crippen LogP contribution in [-0.2, 0) is 13.1 Å². The molecule has 21 heavy (non-hydrogen) atoms. The number of hydrogen-bond donors (Lipinski definition) is 1. The minimum Gasteiger partial charge on any atom is -0.503 e. The van der Waals surface area contributed by atoms with Crippen LogP contribution in [0.2, 0.25) is 0 Å². The van der Waals surface area contributed by atoms with E-state index in [1.165, 1.54) is 12.3 Å². The average Bonchev–Trinajstić information content (AvgIpc) is 2.50. The fraction of sp³-hybridized carbons (Fsp3) is 0.375. The molecule has 0 amide bonds. The van der Waals surface area contributed by atoms with Gasteiger partial charge in [-0.25, -0.2) is 0 Å². The average molecular weight is 287 g/mol. The first-order valence-electron chi connectivity index (χ1n) is 7.18. The Balaban J connectivity index is 2.34. The fourth-order valence-electron chi connectivity index (χ4n) is 2.23. The molecule has 2 rings (SSSR count). The van der Waals surface area contributed by atoms with Crippen LogP contribution in [0.15, 0.2) is 41.5 Å². The Labute approximate surface area is 124 Å². The molecular formula is C16H21N3O2. The molecule has 0 atom stereocenters. The number of hydrogen-bond acceptors (Lipinski definition) is 4. The van der Waals surface area contributed by atoms with Crippen molar-refractivity contribution < 1.29 is 5.11 Å². The first kappa shape index (κ1) is 15.3. The molecule has 0 aliphatic carbocycles. The van der Waals surface area contributed by atoms with Crippen LogP contribution in [0.3, 0.4) is 0 Å². The third-order valence-corrected chi connectivity index (χ3v) is 3.54. The first-order valence-corrected chi connectivity index (χ1v) is 7.18. The summed E-state index contributed by atoms with van der Waals surface area (Å²) in [5, 5.41) is 9.68. The molecule has 0 radical (unpaired) electrons. The van der Waals surface area contributed by atoms with E-state index in [2.05, 4.69) is 23.7 Å². The number of aromatic nitrogens is 2. The zero-order chi connectivity index (χ0) is 15.2. The highest BCUT2D eigenvalue weighted by Gasteiger charge is 2.10. The smallest absolute Gasteiger partial charge is 0.223 e. The lowest BCUT2D eigenvalue weighted by molar-refractivity contribution is 0.286. The van der Waals surface area contributed by atoms with Crippen LogP contribution in [0.5, 0.6) is 5.75 Å². The molecule has 0 fully saturated rings. The number of rotatable bonds is 6. The summed E-state index contributed by atoms with van der Waals surface area (Å²) in [7, 11) is 0. The zero-order valence-corrected chi connectivity index (χ0v) is 12.5. The van der Waals surface area contributed by atoms with E-state index in [-0.39, 0.29) is 11.2 Å². The van der Waals surface area contributed by atoms with Gasteiger partial charge in [0.05, 0.1) is 18.4 Å². The van der Waals surface area contributed by atoms with Crippen LogP contribution in [0.25, 0.3) is 0 Å². The SMILES string of the molecule is CCN(CC)Cc1cc(=O)c(O)cn1Cc1ccccn1. The molecule has 2 heterocycles. The Morgan fingerprint density at radius 3 is 2.67 bits per heavy atom. The normalized spacial score (nSPS) is 11.0. The predicted molar refractivity (Wildman–Crippen MR) is 82.3 cm³/mol.